The summed E-state index contributed by atoms with van der Waals surface area (Å²) in [5.41, 5.74) is -3.96. The largest absolute Gasteiger partial charge is 0.508 e. The van der Waals surface area contributed by atoms with Gasteiger partial charge in [-0.25, -0.2) is 0 Å². The Morgan fingerprint density at radius 1 is 0.911 bits per heavy atom. The Bertz CT molecular complexity index is 1620. The van der Waals surface area contributed by atoms with Crippen molar-refractivity contribution in [2.24, 2.45) is 23.7 Å². The number of carbonyl (C=O) groups is 2. The summed E-state index contributed by atoms with van der Waals surface area (Å²) in [5, 5.41) is 22.6. The predicted molar refractivity (Wildman–Crippen MR) is 149 cm³/mol. The summed E-state index contributed by atoms with van der Waals surface area (Å²) < 4.78 is 94.4. The van der Waals surface area contributed by atoms with Crippen LogP contribution in [0.5, 0.6) is 11.5 Å². The minimum Gasteiger partial charge on any atom is -0.508 e. The van der Waals surface area contributed by atoms with E-state index in [1.165, 1.54) is 6.07 Å². The van der Waals surface area contributed by atoms with E-state index in [0.29, 0.717) is 27.3 Å². The van der Waals surface area contributed by atoms with E-state index in [1.54, 1.807) is 42.5 Å². The van der Waals surface area contributed by atoms with Crippen LogP contribution in [0.4, 0.5) is 32.0 Å². The lowest BCUT2D eigenvalue weighted by molar-refractivity contribution is -0.272. The van der Waals surface area contributed by atoms with E-state index in [4.69, 9.17) is 9.47 Å². The first-order chi connectivity index (χ1) is 21.1. The number of aromatic hydroxyl groups is 1. The lowest BCUT2D eigenvalue weighted by atomic mass is 9.64. The highest BCUT2D eigenvalue weighted by Crippen LogP contribution is 2.59. The minimum atomic E-state index is -5.20. The zero-order chi connectivity index (χ0) is 32.5. The molecule has 6 rings (SSSR count). The smallest absolute Gasteiger partial charge is 0.416 e. The molecule has 2 aliphatic heterocycles. The van der Waals surface area contributed by atoms with E-state index in [2.05, 4.69) is 15.9 Å². The number of hydrogen-bond donors (Lipinski definition) is 2. The molecular weight excluding hydrogens is 676 g/mol. The van der Waals surface area contributed by atoms with Crippen LogP contribution in [0.2, 0.25) is 0 Å². The molecule has 14 heteroatoms. The number of carbonyl (C=O) groups excluding carboxylic acids is 2. The van der Waals surface area contributed by atoms with Crippen LogP contribution in [-0.2, 0) is 26.7 Å². The molecule has 0 unspecified atom stereocenters. The summed E-state index contributed by atoms with van der Waals surface area (Å²) >= 11 is 3.32. The fourth-order valence-corrected chi connectivity index (χ4v) is 7.07. The van der Waals surface area contributed by atoms with Gasteiger partial charge >= 0.3 is 12.4 Å². The van der Waals surface area contributed by atoms with Gasteiger partial charge in [0.05, 0.1) is 41.4 Å². The first kappa shape index (κ1) is 31.4. The zero-order valence-electron chi connectivity index (χ0n) is 23.0. The monoisotopic (exact) mass is 699 g/mol. The number of aliphatic hydroxyl groups is 1. The SMILES string of the molecule is O=C1[C@H]2[C@H](C[C@H](COc3ccccc3)[C@@]3(O)O[C@H](c4cc(Br)ccc4O)C[C@@H]23)C(=O)N1c1cc(C(F)(F)F)cc(C(F)(F)F)c1. The topological polar surface area (TPSA) is 96.3 Å². The van der Waals surface area contributed by atoms with Crippen molar-refractivity contribution in [3.05, 3.63) is 87.9 Å². The second kappa shape index (κ2) is 11.0. The number of amides is 2. The number of fused-ring (bicyclic) bond motifs is 3. The van der Waals surface area contributed by atoms with Crippen LogP contribution >= 0.6 is 15.9 Å². The number of phenolic OH excluding ortho intramolecular Hbond substituents is 1. The molecule has 238 valence electrons. The number of benzene rings is 3. The zero-order valence-corrected chi connectivity index (χ0v) is 24.6. The Hall–Kier alpha value is -3.62. The van der Waals surface area contributed by atoms with Crippen molar-refractivity contribution >= 4 is 33.4 Å². The Morgan fingerprint density at radius 2 is 1.56 bits per heavy atom. The molecular formula is C31H24BrF6NO6. The lowest BCUT2D eigenvalue weighted by Gasteiger charge is -2.44. The fraction of sp³-hybridized carbons (Fsp3) is 0.355. The number of nitrogens with zero attached hydrogens (tertiary/aromatic N) is 1. The molecule has 0 spiro atoms. The molecule has 3 aromatic carbocycles. The van der Waals surface area contributed by atoms with Crippen molar-refractivity contribution in [1.82, 2.24) is 0 Å². The predicted octanol–water partition coefficient (Wildman–Crippen LogP) is 6.86. The van der Waals surface area contributed by atoms with E-state index in [0.717, 1.165) is 0 Å². The fourth-order valence-electron chi connectivity index (χ4n) is 6.69. The number of hydrogen-bond acceptors (Lipinski definition) is 6. The molecule has 0 aromatic heterocycles. The van der Waals surface area contributed by atoms with Crippen molar-refractivity contribution in [2.75, 3.05) is 11.5 Å². The molecule has 3 aromatic rings. The molecule has 3 aliphatic rings. The molecule has 6 atom stereocenters. The van der Waals surface area contributed by atoms with Crippen LogP contribution in [-0.4, -0.2) is 34.4 Å². The molecule has 0 bridgehead atoms. The number of imide groups is 1. The standard InChI is InChI=1S/C31H24BrF6NO6/c32-18-6-7-24(40)21(12-18)25-13-23-26-22(11-17(29(23,43)45-25)14-44-20-4-2-1-3-5-20)27(41)39(28(26)42)19-9-15(30(33,34)35)8-16(10-19)31(36,37)38/h1-10,12,17,22-23,25-26,40,43H,11,13-14H2/t17-,22+,23+,25+,26+,29-/m1/s1. The van der Waals surface area contributed by atoms with Crippen molar-refractivity contribution in [3.8, 4) is 11.5 Å². The second-order valence-electron chi connectivity index (χ2n) is 11.4. The van der Waals surface area contributed by atoms with Gasteiger partial charge in [0.1, 0.15) is 11.5 Å². The average molecular weight is 700 g/mol. The van der Waals surface area contributed by atoms with Gasteiger partial charge in [0.25, 0.3) is 0 Å². The summed E-state index contributed by atoms with van der Waals surface area (Å²) in [5.74, 6) is -8.49. The highest BCUT2D eigenvalue weighted by Gasteiger charge is 2.67. The number of rotatable bonds is 5. The number of halogens is 7. The minimum absolute atomic E-state index is 0.0862. The highest BCUT2D eigenvalue weighted by atomic mass is 79.9. The molecule has 45 heavy (non-hydrogen) atoms. The molecule has 2 saturated heterocycles. The summed E-state index contributed by atoms with van der Waals surface area (Å²) in [4.78, 5) is 28.0. The molecule has 2 N–H and O–H groups in total. The van der Waals surface area contributed by atoms with Crippen LogP contribution < -0.4 is 9.64 Å². The molecule has 2 amide bonds. The maximum Gasteiger partial charge on any atom is 0.416 e. The maximum atomic E-state index is 13.9. The maximum absolute atomic E-state index is 13.9. The molecule has 1 aliphatic carbocycles. The molecule has 7 nitrogen and oxygen atoms in total. The van der Waals surface area contributed by atoms with E-state index in [-0.39, 0.29) is 36.8 Å². The van der Waals surface area contributed by atoms with E-state index in [1.807, 2.05) is 0 Å². The molecule has 0 radical (unpaired) electrons. The third-order valence-electron chi connectivity index (χ3n) is 8.73. The summed E-state index contributed by atoms with van der Waals surface area (Å²) in [6, 6.07) is 13.6. The number of para-hydroxylation sites is 1. The Kier molecular flexibility index (Phi) is 7.68. The Morgan fingerprint density at radius 3 is 2.18 bits per heavy atom. The quantitative estimate of drug-likeness (QED) is 0.223. The summed E-state index contributed by atoms with van der Waals surface area (Å²) in [7, 11) is 0. The van der Waals surface area contributed by atoms with Gasteiger partial charge in [0, 0.05) is 21.9 Å². The third kappa shape index (κ3) is 5.57. The van der Waals surface area contributed by atoms with Crippen LogP contribution in [0.3, 0.4) is 0 Å². The number of phenols is 1. The molecule has 1 saturated carbocycles. The molecule has 2 heterocycles. The van der Waals surface area contributed by atoms with Gasteiger partial charge in [-0.15, -0.1) is 0 Å². The van der Waals surface area contributed by atoms with E-state index >= 15 is 0 Å². The van der Waals surface area contributed by atoms with Crippen LogP contribution in [0.25, 0.3) is 0 Å². The van der Waals surface area contributed by atoms with E-state index < -0.39 is 76.5 Å². The summed E-state index contributed by atoms with van der Waals surface area (Å²) in [6.07, 6.45) is -11.7. The van der Waals surface area contributed by atoms with Crippen molar-refractivity contribution in [2.45, 2.75) is 37.1 Å². The van der Waals surface area contributed by atoms with Gasteiger partial charge in [0.15, 0.2) is 5.79 Å². The van der Waals surface area contributed by atoms with Crippen LogP contribution in [0.1, 0.15) is 35.6 Å². The van der Waals surface area contributed by atoms with Crippen LogP contribution in [0.15, 0.2) is 71.2 Å². The van der Waals surface area contributed by atoms with Gasteiger partial charge in [-0.3, -0.25) is 14.5 Å². The van der Waals surface area contributed by atoms with Gasteiger partial charge in [0.2, 0.25) is 11.8 Å². The number of anilines is 1. The van der Waals surface area contributed by atoms with Gasteiger partial charge < -0.3 is 19.7 Å². The van der Waals surface area contributed by atoms with Crippen molar-refractivity contribution in [3.63, 3.8) is 0 Å². The number of alkyl halides is 6. The number of ether oxygens (including phenoxy) is 2. The van der Waals surface area contributed by atoms with Gasteiger partial charge in [-0.05, 0) is 61.4 Å². The van der Waals surface area contributed by atoms with Crippen LogP contribution in [0, 0.1) is 23.7 Å². The lowest BCUT2D eigenvalue weighted by Crippen LogP contribution is -2.55. The van der Waals surface area contributed by atoms with Crippen molar-refractivity contribution in [1.29, 1.82) is 0 Å². The first-order valence-electron chi connectivity index (χ1n) is 13.8. The van der Waals surface area contributed by atoms with Crippen molar-refractivity contribution < 1.29 is 55.6 Å². The molecule has 3 fully saturated rings. The van der Waals surface area contributed by atoms with Gasteiger partial charge in [-0.2, -0.15) is 26.3 Å². The second-order valence-corrected chi connectivity index (χ2v) is 12.3. The third-order valence-corrected chi connectivity index (χ3v) is 9.22. The van der Waals surface area contributed by atoms with Gasteiger partial charge in [-0.1, -0.05) is 34.1 Å². The summed E-state index contributed by atoms with van der Waals surface area (Å²) in [6.45, 7) is -0.194. The Labute approximate surface area is 260 Å². The Balaban J connectivity index is 1.41. The van der Waals surface area contributed by atoms with E-state index in [9.17, 15) is 46.1 Å². The first-order valence-corrected chi connectivity index (χ1v) is 14.6. The average Bonchev–Trinajstić information content (AvgIpc) is 3.45. The normalized spacial score (nSPS) is 28.3. The highest BCUT2D eigenvalue weighted by molar-refractivity contribution is 9.10.